The largest absolute Gasteiger partial charge is 0.354 e. The number of rotatable bonds is 2. The summed E-state index contributed by atoms with van der Waals surface area (Å²) >= 11 is 11.3. The maximum Gasteiger partial charge on any atom is 0.171 e. The highest BCUT2D eigenvalue weighted by Gasteiger charge is 2.20. The molecule has 4 heteroatoms. The lowest BCUT2D eigenvalue weighted by Gasteiger charge is -2.30. The number of hydrogen-bond acceptors (Lipinski definition) is 1. The van der Waals surface area contributed by atoms with Gasteiger partial charge in [0.15, 0.2) is 5.11 Å². The molecule has 2 N–H and O–H groups in total. The Morgan fingerprint density at radius 3 is 2.61 bits per heavy atom. The van der Waals surface area contributed by atoms with E-state index in [2.05, 4.69) is 30.6 Å². The predicted octanol–water partition coefficient (Wildman–Crippen LogP) is 3.49. The third kappa shape index (κ3) is 3.34. The van der Waals surface area contributed by atoms with Crippen LogP contribution >= 0.6 is 23.8 Å². The van der Waals surface area contributed by atoms with Gasteiger partial charge in [-0.25, -0.2) is 0 Å². The van der Waals surface area contributed by atoms with Crippen molar-refractivity contribution in [2.24, 2.45) is 0 Å². The number of allylic oxidation sites excluding steroid dienone is 1. The maximum absolute atomic E-state index is 6.10. The minimum Gasteiger partial charge on any atom is -0.354 e. The molecule has 0 saturated heterocycles. The molecule has 0 saturated carbocycles. The molecule has 0 bridgehead atoms. The van der Waals surface area contributed by atoms with Gasteiger partial charge in [-0.1, -0.05) is 35.9 Å². The van der Waals surface area contributed by atoms with Crippen molar-refractivity contribution in [3.8, 4) is 0 Å². The number of hydrogen-bond donors (Lipinski definition) is 2. The topological polar surface area (TPSA) is 24.1 Å². The third-order valence-corrected chi connectivity index (χ3v) is 3.11. The first-order chi connectivity index (χ1) is 8.46. The summed E-state index contributed by atoms with van der Waals surface area (Å²) in [5.41, 5.74) is 1.83. The van der Waals surface area contributed by atoms with Gasteiger partial charge in [0.05, 0.1) is 5.54 Å². The molecule has 0 aliphatic carbocycles. The van der Waals surface area contributed by atoms with Crippen LogP contribution in [-0.2, 0) is 0 Å². The first-order valence-corrected chi connectivity index (χ1v) is 6.49. The van der Waals surface area contributed by atoms with Crippen molar-refractivity contribution in [1.29, 1.82) is 0 Å². The molecule has 1 aromatic rings. The summed E-state index contributed by atoms with van der Waals surface area (Å²) in [6.45, 7) is 4.15. The van der Waals surface area contributed by atoms with Crippen LogP contribution in [0, 0.1) is 0 Å². The molecule has 0 atom stereocenters. The summed E-state index contributed by atoms with van der Waals surface area (Å²) in [5.74, 6) is 0. The Bertz CT molecular complexity index is 532. The Morgan fingerprint density at radius 2 is 1.94 bits per heavy atom. The van der Waals surface area contributed by atoms with Crippen LogP contribution in [0.2, 0.25) is 5.02 Å². The van der Waals surface area contributed by atoms with Crippen molar-refractivity contribution in [2.75, 3.05) is 0 Å². The van der Waals surface area contributed by atoms with Crippen LogP contribution in [0.15, 0.2) is 42.1 Å². The molecule has 1 aliphatic heterocycles. The number of benzene rings is 1. The van der Waals surface area contributed by atoms with E-state index in [9.17, 15) is 0 Å². The Hall–Kier alpha value is -1.32. The molecule has 1 aromatic carbocycles. The highest BCUT2D eigenvalue weighted by atomic mass is 35.5. The molecular formula is C14H15ClN2S. The third-order valence-electron chi connectivity index (χ3n) is 2.56. The zero-order chi connectivity index (χ0) is 13.2. The van der Waals surface area contributed by atoms with E-state index in [0.717, 1.165) is 16.3 Å². The van der Waals surface area contributed by atoms with Gasteiger partial charge in [0.25, 0.3) is 0 Å². The van der Waals surface area contributed by atoms with E-state index < -0.39 is 0 Å². The van der Waals surface area contributed by atoms with Crippen LogP contribution in [-0.4, -0.2) is 10.7 Å². The van der Waals surface area contributed by atoms with E-state index in [-0.39, 0.29) is 5.54 Å². The van der Waals surface area contributed by atoms with Gasteiger partial charge in [-0.3, -0.25) is 0 Å². The molecule has 2 nitrogen and oxygen atoms in total. The fourth-order valence-corrected chi connectivity index (χ4v) is 2.38. The average molecular weight is 279 g/mol. The van der Waals surface area contributed by atoms with Crippen LogP contribution in [0.1, 0.15) is 19.4 Å². The molecule has 1 aliphatic rings. The fraction of sp³-hybridized carbons (Fsp3) is 0.214. The Morgan fingerprint density at radius 1 is 1.22 bits per heavy atom. The molecule has 0 spiro atoms. The summed E-state index contributed by atoms with van der Waals surface area (Å²) < 4.78 is 0. The first kappa shape index (κ1) is 13.1. The summed E-state index contributed by atoms with van der Waals surface area (Å²) in [6, 6.07) is 7.73. The Balaban J connectivity index is 2.22. The van der Waals surface area contributed by atoms with Gasteiger partial charge in [-0.2, -0.15) is 0 Å². The summed E-state index contributed by atoms with van der Waals surface area (Å²) in [7, 11) is 0. The minimum absolute atomic E-state index is 0.136. The van der Waals surface area contributed by atoms with Gasteiger partial charge >= 0.3 is 0 Å². The Labute approximate surface area is 118 Å². The highest BCUT2D eigenvalue weighted by molar-refractivity contribution is 7.80. The lowest BCUT2D eigenvalue weighted by atomic mass is 10.0. The van der Waals surface area contributed by atoms with Crippen LogP contribution in [0.5, 0.6) is 0 Å². The van der Waals surface area contributed by atoms with Crippen LogP contribution in [0.4, 0.5) is 0 Å². The van der Waals surface area contributed by atoms with Gasteiger partial charge < -0.3 is 10.6 Å². The molecular weight excluding hydrogens is 264 g/mol. The standard InChI is InChI=1S/C14H15ClN2S/c1-14(2)9-11(16-13(18)17-14)8-7-10-5-3-4-6-12(10)15/h3-9H,1-2H3,(H2,16,17,18)/b8-7+. The summed E-state index contributed by atoms with van der Waals surface area (Å²) in [6.07, 6.45) is 6.05. The fourth-order valence-electron chi connectivity index (χ4n) is 1.80. The van der Waals surface area contributed by atoms with Gasteiger partial charge in [-0.05, 0) is 49.8 Å². The zero-order valence-electron chi connectivity index (χ0n) is 10.3. The van der Waals surface area contributed by atoms with E-state index in [1.54, 1.807) is 0 Å². The van der Waals surface area contributed by atoms with Crippen molar-refractivity contribution in [2.45, 2.75) is 19.4 Å². The van der Waals surface area contributed by atoms with E-state index in [1.807, 2.05) is 36.4 Å². The second kappa shape index (κ2) is 5.12. The van der Waals surface area contributed by atoms with Crippen molar-refractivity contribution in [3.05, 3.63) is 52.7 Å². The molecule has 0 amide bonds. The van der Waals surface area contributed by atoms with E-state index in [0.29, 0.717) is 5.11 Å². The smallest absolute Gasteiger partial charge is 0.171 e. The molecule has 0 fully saturated rings. The lowest BCUT2D eigenvalue weighted by Crippen LogP contribution is -2.51. The zero-order valence-corrected chi connectivity index (χ0v) is 11.9. The van der Waals surface area contributed by atoms with Crippen molar-refractivity contribution >= 4 is 35.0 Å². The molecule has 1 heterocycles. The predicted molar refractivity (Wildman–Crippen MR) is 81.5 cm³/mol. The maximum atomic E-state index is 6.10. The quantitative estimate of drug-likeness (QED) is 0.810. The summed E-state index contributed by atoms with van der Waals surface area (Å²) in [5, 5.41) is 7.67. The number of nitrogens with one attached hydrogen (secondary N) is 2. The van der Waals surface area contributed by atoms with Crippen molar-refractivity contribution in [3.63, 3.8) is 0 Å². The monoisotopic (exact) mass is 278 g/mol. The average Bonchev–Trinajstić information content (AvgIpc) is 2.25. The molecule has 0 unspecified atom stereocenters. The van der Waals surface area contributed by atoms with Crippen LogP contribution < -0.4 is 10.6 Å². The molecule has 0 aromatic heterocycles. The van der Waals surface area contributed by atoms with Gasteiger partial charge in [0.1, 0.15) is 0 Å². The molecule has 18 heavy (non-hydrogen) atoms. The van der Waals surface area contributed by atoms with Crippen LogP contribution in [0.25, 0.3) is 6.08 Å². The second-order valence-corrected chi connectivity index (χ2v) is 5.57. The van der Waals surface area contributed by atoms with Gasteiger partial charge in [0, 0.05) is 10.7 Å². The van der Waals surface area contributed by atoms with E-state index >= 15 is 0 Å². The normalized spacial score (nSPS) is 18.2. The second-order valence-electron chi connectivity index (χ2n) is 4.76. The van der Waals surface area contributed by atoms with Crippen molar-refractivity contribution in [1.82, 2.24) is 10.6 Å². The SMILES string of the molecule is CC1(C)C=C(/C=C/c2ccccc2Cl)NC(=S)N1. The molecule has 0 radical (unpaired) electrons. The van der Waals surface area contributed by atoms with E-state index in [4.69, 9.17) is 23.8 Å². The first-order valence-electron chi connectivity index (χ1n) is 5.71. The van der Waals surface area contributed by atoms with Gasteiger partial charge in [0.2, 0.25) is 0 Å². The Kier molecular flexibility index (Phi) is 3.73. The minimum atomic E-state index is -0.136. The number of thiocarbonyl (C=S) groups is 1. The molecule has 94 valence electrons. The van der Waals surface area contributed by atoms with Crippen molar-refractivity contribution < 1.29 is 0 Å². The van der Waals surface area contributed by atoms with E-state index in [1.165, 1.54) is 0 Å². The van der Waals surface area contributed by atoms with Gasteiger partial charge in [-0.15, -0.1) is 0 Å². The number of halogens is 1. The lowest BCUT2D eigenvalue weighted by molar-refractivity contribution is 0.555. The molecule has 2 rings (SSSR count). The summed E-state index contributed by atoms with van der Waals surface area (Å²) in [4.78, 5) is 0. The highest BCUT2D eigenvalue weighted by Crippen LogP contribution is 2.18. The van der Waals surface area contributed by atoms with Crippen LogP contribution in [0.3, 0.4) is 0 Å².